The molecule has 4 heteroatoms. The largest absolute Gasteiger partial charge is 0.496 e. The molecule has 23 heavy (non-hydrogen) atoms. The average Bonchev–Trinajstić information content (AvgIpc) is 2.54. The number of amides is 1. The fourth-order valence-corrected chi connectivity index (χ4v) is 2.39. The number of Topliss-reactive ketones (excluding diaryl/α,β-unsaturated/α-hetero) is 1. The molecule has 0 aliphatic heterocycles. The Labute approximate surface area is 136 Å². The van der Waals surface area contributed by atoms with Crippen LogP contribution in [-0.2, 0) is 10.2 Å². The van der Waals surface area contributed by atoms with Gasteiger partial charge in [-0.15, -0.1) is 0 Å². The summed E-state index contributed by atoms with van der Waals surface area (Å²) in [6.45, 7) is 5.18. The van der Waals surface area contributed by atoms with Crippen molar-refractivity contribution < 1.29 is 14.3 Å². The van der Waals surface area contributed by atoms with Crippen LogP contribution in [0.25, 0.3) is 0 Å². The van der Waals surface area contributed by atoms with E-state index < -0.39 is 5.41 Å². The number of nitrogens with one attached hydrogen (secondary N) is 1. The van der Waals surface area contributed by atoms with Crippen LogP contribution in [0, 0.1) is 0 Å². The number of hydrogen-bond acceptors (Lipinski definition) is 3. The molecule has 0 spiro atoms. The van der Waals surface area contributed by atoms with Crippen LogP contribution in [0.15, 0.2) is 48.5 Å². The SMILES string of the molecule is COc1ccccc1C(C)(C)C(=O)Nc1cccc(C(C)=O)c1. The lowest BCUT2D eigenvalue weighted by molar-refractivity contribution is -0.120. The summed E-state index contributed by atoms with van der Waals surface area (Å²) >= 11 is 0. The quantitative estimate of drug-likeness (QED) is 0.854. The summed E-state index contributed by atoms with van der Waals surface area (Å²) in [7, 11) is 1.59. The molecule has 4 nitrogen and oxygen atoms in total. The third-order valence-corrected chi connectivity index (χ3v) is 3.87. The van der Waals surface area contributed by atoms with Gasteiger partial charge in [0.05, 0.1) is 12.5 Å². The lowest BCUT2D eigenvalue weighted by Gasteiger charge is -2.26. The first-order valence-corrected chi connectivity index (χ1v) is 7.42. The Morgan fingerprint density at radius 1 is 1.04 bits per heavy atom. The minimum absolute atomic E-state index is 0.0370. The smallest absolute Gasteiger partial charge is 0.234 e. The molecule has 0 aromatic heterocycles. The Morgan fingerprint density at radius 2 is 1.74 bits per heavy atom. The van der Waals surface area contributed by atoms with Crippen molar-refractivity contribution in [2.45, 2.75) is 26.2 Å². The van der Waals surface area contributed by atoms with E-state index in [1.807, 2.05) is 38.1 Å². The number of methoxy groups -OCH3 is 1. The lowest BCUT2D eigenvalue weighted by Crippen LogP contribution is -2.35. The summed E-state index contributed by atoms with van der Waals surface area (Å²) in [6, 6.07) is 14.4. The first-order chi connectivity index (χ1) is 10.9. The lowest BCUT2D eigenvalue weighted by atomic mass is 9.83. The molecule has 0 radical (unpaired) electrons. The van der Waals surface area contributed by atoms with Crippen molar-refractivity contribution in [1.29, 1.82) is 0 Å². The van der Waals surface area contributed by atoms with Crippen LogP contribution in [-0.4, -0.2) is 18.8 Å². The Hall–Kier alpha value is -2.62. The molecule has 2 aromatic rings. The highest BCUT2D eigenvalue weighted by Gasteiger charge is 2.32. The topological polar surface area (TPSA) is 55.4 Å². The van der Waals surface area contributed by atoms with E-state index in [4.69, 9.17) is 4.74 Å². The Balaban J connectivity index is 2.28. The second-order valence-corrected chi connectivity index (χ2v) is 5.92. The molecule has 0 heterocycles. The zero-order valence-corrected chi connectivity index (χ0v) is 13.8. The molecule has 2 aromatic carbocycles. The second-order valence-electron chi connectivity index (χ2n) is 5.92. The van der Waals surface area contributed by atoms with Gasteiger partial charge in [0.25, 0.3) is 0 Å². The highest BCUT2D eigenvalue weighted by Crippen LogP contribution is 2.32. The van der Waals surface area contributed by atoms with Gasteiger partial charge in [0, 0.05) is 16.8 Å². The predicted octanol–water partition coefficient (Wildman–Crippen LogP) is 3.81. The van der Waals surface area contributed by atoms with Crippen LogP contribution >= 0.6 is 0 Å². The highest BCUT2D eigenvalue weighted by molar-refractivity contribution is 6.00. The van der Waals surface area contributed by atoms with E-state index in [2.05, 4.69) is 5.32 Å². The summed E-state index contributed by atoms with van der Waals surface area (Å²) in [5.74, 6) is 0.470. The molecule has 0 saturated heterocycles. The summed E-state index contributed by atoms with van der Waals surface area (Å²) in [5.41, 5.74) is 1.20. The van der Waals surface area contributed by atoms with Gasteiger partial charge in [-0.1, -0.05) is 30.3 Å². The van der Waals surface area contributed by atoms with E-state index in [9.17, 15) is 9.59 Å². The van der Waals surface area contributed by atoms with Gasteiger partial charge in [0.1, 0.15) is 5.75 Å². The fourth-order valence-electron chi connectivity index (χ4n) is 2.39. The number of carbonyl (C=O) groups is 2. The Kier molecular flexibility index (Phi) is 4.84. The molecule has 0 bridgehead atoms. The summed E-state index contributed by atoms with van der Waals surface area (Å²) in [6.07, 6.45) is 0. The number of anilines is 1. The van der Waals surface area contributed by atoms with Crippen molar-refractivity contribution >= 4 is 17.4 Å². The van der Waals surface area contributed by atoms with Crippen LogP contribution in [0.3, 0.4) is 0 Å². The monoisotopic (exact) mass is 311 g/mol. The molecule has 120 valence electrons. The zero-order chi connectivity index (χ0) is 17.0. The van der Waals surface area contributed by atoms with Gasteiger partial charge in [-0.05, 0) is 39.0 Å². The molecular formula is C19H21NO3. The van der Waals surface area contributed by atoms with E-state index in [0.29, 0.717) is 17.0 Å². The van der Waals surface area contributed by atoms with E-state index in [0.717, 1.165) is 5.56 Å². The normalized spacial score (nSPS) is 11.0. The van der Waals surface area contributed by atoms with E-state index >= 15 is 0 Å². The first-order valence-electron chi connectivity index (χ1n) is 7.42. The number of carbonyl (C=O) groups excluding carboxylic acids is 2. The second kappa shape index (κ2) is 6.65. The van der Waals surface area contributed by atoms with Crippen molar-refractivity contribution in [2.24, 2.45) is 0 Å². The molecule has 0 saturated carbocycles. The van der Waals surface area contributed by atoms with E-state index in [-0.39, 0.29) is 11.7 Å². The molecule has 0 aliphatic carbocycles. The first kappa shape index (κ1) is 16.7. The molecular weight excluding hydrogens is 290 g/mol. The van der Waals surface area contributed by atoms with Crippen LogP contribution in [0.4, 0.5) is 5.69 Å². The maximum absolute atomic E-state index is 12.7. The number of rotatable bonds is 5. The molecule has 0 unspecified atom stereocenters. The van der Waals surface area contributed by atoms with E-state index in [1.165, 1.54) is 6.92 Å². The maximum atomic E-state index is 12.7. The van der Waals surface area contributed by atoms with Crippen LogP contribution < -0.4 is 10.1 Å². The Morgan fingerprint density at radius 3 is 2.39 bits per heavy atom. The number of para-hydroxylation sites is 1. The van der Waals surface area contributed by atoms with Crippen LogP contribution in [0.2, 0.25) is 0 Å². The average molecular weight is 311 g/mol. The summed E-state index contributed by atoms with van der Waals surface area (Å²) in [4.78, 5) is 24.2. The third kappa shape index (κ3) is 3.59. The number of ether oxygens (including phenoxy) is 1. The van der Waals surface area contributed by atoms with Crippen molar-refractivity contribution in [3.63, 3.8) is 0 Å². The highest BCUT2D eigenvalue weighted by atomic mass is 16.5. The fraction of sp³-hybridized carbons (Fsp3) is 0.263. The zero-order valence-electron chi connectivity index (χ0n) is 13.8. The molecule has 0 atom stereocenters. The van der Waals surface area contributed by atoms with Gasteiger partial charge in [-0.25, -0.2) is 0 Å². The Bertz CT molecular complexity index is 735. The third-order valence-electron chi connectivity index (χ3n) is 3.87. The van der Waals surface area contributed by atoms with Crippen molar-refractivity contribution in [1.82, 2.24) is 0 Å². The number of ketones is 1. The maximum Gasteiger partial charge on any atom is 0.234 e. The van der Waals surface area contributed by atoms with Crippen molar-refractivity contribution in [3.8, 4) is 5.75 Å². The van der Waals surface area contributed by atoms with Gasteiger partial charge >= 0.3 is 0 Å². The standard InChI is InChI=1S/C19H21NO3/c1-13(21)14-8-7-9-15(12-14)20-18(22)19(2,3)16-10-5-6-11-17(16)23-4/h5-12H,1-4H3,(H,20,22). The summed E-state index contributed by atoms with van der Waals surface area (Å²) < 4.78 is 5.36. The van der Waals surface area contributed by atoms with Crippen molar-refractivity contribution in [2.75, 3.05) is 12.4 Å². The van der Waals surface area contributed by atoms with Crippen LogP contribution in [0.5, 0.6) is 5.75 Å². The molecule has 0 aliphatic rings. The van der Waals surface area contributed by atoms with Gasteiger partial charge in [0.2, 0.25) is 5.91 Å². The van der Waals surface area contributed by atoms with Gasteiger partial charge in [-0.2, -0.15) is 0 Å². The molecule has 1 amide bonds. The van der Waals surface area contributed by atoms with Crippen molar-refractivity contribution in [3.05, 3.63) is 59.7 Å². The number of benzene rings is 2. The van der Waals surface area contributed by atoms with E-state index in [1.54, 1.807) is 31.4 Å². The summed E-state index contributed by atoms with van der Waals surface area (Å²) in [5, 5.41) is 2.88. The molecule has 1 N–H and O–H groups in total. The number of hydrogen-bond donors (Lipinski definition) is 1. The van der Waals surface area contributed by atoms with Crippen LogP contribution in [0.1, 0.15) is 36.7 Å². The molecule has 2 rings (SSSR count). The van der Waals surface area contributed by atoms with Gasteiger partial charge < -0.3 is 10.1 Å². The van der Waals surface area contributed by atoms with Gasteiger partial charge in [-0.3, -0.25) is 9.59 Å². The predicted molar refractivity (Wildman–Crippen MR) is 91.1 cm³/mol. The van der Waals surface area contributed by atoms with Gasteiger partial charge in [0.15, 0.2) is 5.78 Å². The molecule has 0 fully saturated rings. The minimum atomic E-state index is -0.779. The minimum Gasteiger partial charge on any atom is -0.496 e.